The number of nitrogens with zero attached hydrogens (tertiary/aromatic N) is 3. The van der Waals surface area contributed by atoms with E-state index in [1.54, 1.807) is 35.2 Å². The third kappa shape index (κ3) is 3.29. The quantitative estimate of drug-likeness (QED) is 0.734. The third-order valence-corrected chi connectivity index (χ3v) is 6.17. The first-order valence-corrected chi connectivity index (χ1v) is 9.77. The first kappa shape index (κ1) is 17.9. The molecule has 0 aliphatic carbocycles. The maximum Gasteiger partial charge on any atom is 0.229 e. The van der Waals surface area contributed by atoms with Crippen LogP contribution in [0.1, 0.15) is 17.9 Å². The third-order valence-electron chi connectivity index (χ3n) is 4.77. The molecule has 2 aliphatic rings. The standard InChI is InChI=1S/C20H15ClFN3OS/c21-13-5-7-14(8-6-13)24-11-25-19(26)9-16(15-3-1-2-4-18(15)22)17(10-23)20(25)27-12-24/h1-8,16H,9,11-12H2. The van der Waals surface area contributed by atoms with E-state index in [-0.39, 0.29) is 18.1 Å². The molecule has 1 saturated heterocycles. The number of anilines is 1. The summed E-state index contributed by atoms with van der Waals surface area (Å²) < 4.78 is 14.3. The lowest BCUT2D eigenvalue weighted by molar-refractivity contribution is -0.129. The van der Waals surface area contributed by atoms with E-state index >= 15 is 0 Å². The Morgan fingerprint density at radius 2 is 1.93 bits per heavy atom. The molecule has 0 aromatic heterocycles. The van der Waals surface area contributed by atoms with Gasteiger partial charge in [-0.2, -0.15) is 5.26 Å². The molecule has 4 nitrogen and oxygen atoms in total. The zero-order valence-corrected chi connectivity index (χ0v) is 15.8. The Bertz CT molecular complexity index is 970. The summed E-state index contributed by atoms with van der Waals surface area (Å²) in [5.41, 5.74) is 1.81. The van der Waals surface area contributed by atoms with E-state index in [0.717, 1.165) is 5.69 Å². The number of hydrogen-bond donors (Lipinski definition) is 0. The molecule has 4 rings (SSSR count). The van der Waals surface area contributed by atoms with Gasteiger partial charge in [0.2, 0.25) is 5.91 Å². The number of fused-ring (bicyclic) bond motifs is 1. The highest BCUT2D eigenvalue weighted by Crippen LogP contribution is 2.43. The minimum absolute atomic E-state index is 0.0857. The van der Waals surface area contributed by atoms with Crippen LogP contribution in [0.5, 0.6) is 0 Å². The second-order valence-electron chi connectivity index (χ2n) is 6.36. The van der Waals surface area contributed by atoms with Crippen LogP contribution in [-0.2, 0) is 4.79 Å². The van der Waals surface area contributed by atoms with Crippen molar-refractivity contribution < 1.29 is 9.18 Å². The van der Waals surface area contributed by atoms with Crippen molar-refractivity contribution in [3.8, 4) is 6.07 Å². The van der Waals surface area contributed by atoms with Gasteiger partial charge in [-0.05, 0) is 35.9 Å². The first-order chi connectivity index (χ1) is 13.1. The van der Waals surface area contributed by atoms with E-state index in [1.165, 1.54) is 17.8 Å². The first-order valence-electron chi connectivity index (χ1n) is 8.41. The highest BCUT2D eigenvalue weighted by molar-refractivity contribution is 8.03. The molecule has 27 heavy (non-hydrogen) atoms. The lowest BCUT2D eigenvalue weighted by Crippen LogP contribution is -2.47. The van der Waals surface area contributed by atoms with Gasteiger partial charge in [0.1, 0.15) is 5.82 Å². The van der Waals surface area contributed by atoms with Gasteiger partial charge < -0.3 is 4.90 Å². The molecule has 0 radical (unpaired) electrons. The van der Waals surface area contributed by atoms with Crippen molar-refractivity contribution in [1.29, 1.82) is 5.26 Å². The summed E-state index contributed by atoms with van der Waals surface area (Å²) in [6.07, 6.45) is 0.0857. The van der Waals surface area contributed by atoms with E-state index in [0.29, 0.717) is 33.7 Å². The number of carbonyl (C=O) groups is 1. The summed E-state index contributed by atoms with van der Waals surface area (Å²) in [6, 6.07) is 16.0. The minimum atomic E-state index is -0.537. The molecule has 0 spiro atoms. The van der Waals surface area contributed by atoms with Gasteiger partial charge in [-0.3, -0.25) is 9.69 Å². The number of hydrogen-bond acceptors (Lipinski definition) is 4. The van der Waals surface area contributed by atoms with Gasteiger partial charge in [-0.25, -0.2) is 4.39 Å². The van der Waals surface area contributed by atoms with Gasteiger partial charge in [0.15, 0.2) is 0 Å². The number of halogens is 2. The SMILES string of the molecule is N#CC1=C2SCN(c3ccc(Cl)cc3)CN2C(=O)CC1c1ccccc1F. The molecule has 0 bridgehead atoms. The van der Waals surface area contributed by atoms with Gasteiger partial charge in [0, 0.05) is 23.0 Å². The Balaban J connectivity index is 1.68. The van der Waals surface area contributed by atoms with Gasteiger partial charge in [-0.15, -0.1) is 0 Å². The van der Waals surface area contributed by atoms with Crippen LogP contribution in [0.3, 0.4) is 0 Å². The van der Waals surface area contributed by atoms with E-state index in [2.05, 4.69) is 6.07 Å². The summed E-state index contributed by atoms with van der Waals surface area (Å²) in [7, 11) is 0. The minimum Gasteiger partial charge on any atom is -0.344 e. The monoisotopic (exact) mass is 399 g/mol. The molecular weight excluding hydrogens is 385 g/mol. The average Bonchev–Trinajstić information content (AvgIpc) is 2.69. The van der Waals surface area contributed by atoms with Gasteiger partial charge in [0.05, 0.1) is 29.2 Å². The number of carbonyl (C=O) groups excluding carboxylic acids is 1. The normalized spacial score (nSPS) is 19.7. The molecule has 1 atom stereocenters. The Kier molecular flexibility index (Phi) is 4.81. The van der Waals surface area contributed by atoms with Crippen molar-refractivity contribution in [3.05, 3.63) is 75.5 Å². The number of allylic oxidation sites excluding steroid dienone is 1. The van der Waals surface area contributed by atoms with Crippen molar-refractivity contribution in [2.75, 3.05) is 17.4 Å². The molecule has 1 amide bonds. The van der Waals surface area contributed by atoms with E-state index in [4.69, 9.17) is 11.6 Å². The highest BCUT2D eigenvalue weighted by atomic mass is 35.5. The summed E-state index contributed by atoms with van der Waals surface area (Å²) in [5.74, 6) is -0.440. The van der Waals surface area contributed by atoms with Gasteiger partial charge in [-0.1, -0.05) is 41.6 Å². The number of amides is 1. The van der Waals surface area contributed by atoms with Crippen LogP contribution in [0.15, 0.2) is 59.1 Å². The molecule has 1 unspecified atom stereocenters. The topological polar surface area (TPSA) is 47.3 Å². The zero-order chi connectivity index (χ0) is 19.0. The molecule has 2 heterocycles. The lowest BCUT2D eigenvalue weighted by atomic mass is 9.86. The Morgan fingerprint density at radius 1 is 1.19 bits per heavy atom. The Hall–Kier alpha value is -2.49. The van der Waals surface area contributed by atoms with Crippen molar-refractivity contribution in [2.24, 2.45) is 0 Å². The van der Waals surface area contributed by atoms with Crippen LogP contribution >= 0.6 is 23.4 Å². The van der Waals surface area contributed by atoms with Gasteiger partial charge in [0.25, 0.3) is 0 Å². The molecule has 2 aliphatic heterocycles. The van der Waals surface area contributed by atoms with Crippen LogP contribution in [0, 0.1) is 17.1 Å². The fourth-order valence-electron chi connectivity index (χ4n) is 3.40. The summed E-state index contributed by atoms with van der Waals surface area (Å²) >= 11 is 7.37. The maximum absolute atomic E-state index is 14.3. The number of rotatable bonds is 2. The predicted molar refractivity (Wildman–Crippen MR) is 104 cm³/mol. The molecule has 7 heteroatoms. The molecular formula is C20H15ClFN3OS. The van der Waals surface area contributed by atoms with E-state index in [9.17, 15) is 14.4 Å². The van der Waals surface area contributed by atoms with Gasteiger partial charge >= 0.3 is 0 Å². The van der Waals surface area contributed by atoms with E-state index in [1.807, 2.05) is 17.0 Å². The zero-order valence-electron chi connectivity index (χ0n) is 14.2. The molecule has 0 saturated carbocycles. The second kappa shape index (κ2) is 7.26. The van der Waals surface area contributed by atoms with Crippen molar-refractivity contribution >= 4 is 35.0 Å². The largest absolute Gasteiger partial charge is 0.344 e. The van der Waals surface area contributed by atoms with Crippen LogP contribution in [0.25, 0.3) is 0 Å². The molecule has 136 valence electrons. The fourth-order valence-corrected chi connectivity index (χ4v) is 4.69. The second-order valence-corrected chi connectivity index (χ2v) is 7.73. The highest BCUT2D eigenvalue weighted by Gasteiger charge is 2.39. The summed E-state index contributed by atoms with van der Waals surface area (Å²) in [4.78, 5) is 16.5. The van der Waals surface area contributed by atoms with Crippen molar-refractivity contribution in [2.45, 2.75) is 12.3 Å². The smallest absolute Gasteiger partial charge is 0.229 e. The fraction of sp³-hybridized carbons (Fsp3) is 0.200. The average molecular weight is 400 g/mol. The van der Waals surface area contributed by atoms with Crippen molar-refractivity contribution in [3.63, 3.8) is 0 Å². The molecule has 0 N–H and O–H groups in total. The van der Waals surface area contributed by atoms with Crippen LogP contribution < -0.4 is 4.90 Å². The summed E-state index contributed by atoms with van der Waals surface area (Å²) in [6.45, 7) is 0.359. The Labute approximate surface area is 165 Å². The van der Waals surface area contributed by atoms with Crippen LogP contribution in [-0.4, -0.2) is 23.4 Å². The number of thioether (sulfide) groups is 1. The predicted octanol–water partition coefficient (Wildman–Crippen LogP) is 4.70. The molecule has 2 aromatic rings. The van der Waals surface area contributed by atoms with E-state index < -0.39 is 5.92 Å². The van der Waals surface area contributed by atoms with Crippen molar-refractivity contribution in [1.82, 2.24) is 4.90 Å². The molecule has 1 fully saturated rings. The van der Waals surface area contributed by atoms with Crippen LogP contribution in [0.2, 0.25) is 5.02 Å². The molecule has 2 aromatic carbocycles. The Morgan fingerprint density at radius 3 is 2.63 bits per heavy atom. The lowest BCUT2D eigenvalue weighted by Gasteiger charge is -2.42. The van der Waals surface area contributed by atoms with Crippen LogP contribution in [0.4, 0.5) is 10.1 Å². The number of benzene rings is 2. The number of nitriles is 1. The maximum atomic E-state index is 14.3. The summed E-state index contributed by atoms with van der Waals surface area (Å²) in [5, 5.41) is 11.0.